The van der Waals surface area contributed by atoms with Crippen LogP contribution in [0.4, 0.5) is 0 Å². The molecule has 4 fully saturated rings. The van der Waals surface area contributed by atoms with E-state index in [9.17, 15) is 25.2 Å². The van der Waals surface area contributed by atoms with Crippen LogP contribution in [0.2, 0.25) is 0 Å². The molecule has 1 unspecified atom stereocenters. The van der Waals surface area contributed by atoms with Crippen molar-refractivity contribution >= 4 is 5.97 Å². The molecule has 4 saturated carbocycles. The number of hydrogen-bond donors (Lipinski definition) is 4. The van der Waals surface area contributed by atoms with E-state index >= 15 is 0 Å². The van der Waals surface area contributed by atoms with Crippen LogP contribution in [0, 0.1) is 52.3 Å². The highest BCUT2D eigenvalue weighted by molar-refractivity contribution is 5.69. The first-order chi connectivity index (χ1) is 15.0. The standard InChI is InChI=1S/C27H46O5/c1-15(25(31)32)5-10-23(29)16(2)20-8-9-21-19-7-6-17-13-18(28)11-12-26(17,3)22(19)14-24(30)27(20,21)4/h15-24,28-30H,5-14H2,1-4H3,(H,31,32)/t15?,16-,17+,18+,19-,20+,21-,22-,23-,24-,26-,27+/m0/s1. The third-order valence-corrected chi connectivity index (χ3v) is 11.4. The Morgan fingerprint density at radius 2 is 1.69 bits per heavy atom. The predicted octanol–water partition coefficient (Wildman–Crippen LogP) is 4.47. The smallest absolute Gasteiger partial charge is 0.306 e. The number of carbonyl (C=O) groups is 1. The van der Waals surface area contributed by atoms with E-state index in [0.29, 0.717) is 36.5 Å². The van der Waals surface area contributed by atoms with Crippen LogP contribution >= 0.6 is 0 Å². The molecule has 5 nitrogen and oxygen atoms in total. The first-order valence-electron chi connectivity index (χ1n) is 13.3. The Hall–Kier alpha value is -0.650. The number of rotatable bonds is 6. The first-order valence-corrected chi connectivity index (χ1v) is 13.3. The molecular weight excluding hydrogens is 404 g/mol. The summed E-state index contributed by atoms with van der Waals surface area (Å²) in [5.41, 5.74) is 0.0675. The molecule has 184 valence electrons. The Morgan fingerprint density at radius 3 is 2.38 bits per heavy atom. The summed E-state index contributed by atoms with van der Waals surface area (Å²) in [4.78, 5) is 11.2. The quantitative estimate of drug-likeness (QED) is 0.478. The number of fused-ring (bicyclic) bond motifs is 5. The van der Waals surface area contributed by atoms with Gasteiger partial charge in [-0.05, 0) is 111 Å². The summed E-state index contributed by atoms with van der Waals surface area (Å²) in [5, 5.41) is 42.0. The van der Waals surface area contributed by atoms with Crippen molar-refractivity contribution in [3.05, 3.63) is 0 Å². The molecule has 4 aliphatic rings. The second-order valence-electron chi connectivity index (χ2n) is 12.6. The zero-order chi connectivity index (χ0) is 23.4. The molecule has 0 heterocycles. The van der Waals surface area contributed by atoms with Gasteiger partial charge in [0.05, 0.1) is 24.2 Å². The Kier molecular flexibility index (Phi) is 6.77. The van der Waals surface area contributed by atoms with E-state index in [1.807, 2.05) is 0 Å². The van der Waals surface area contributed by atoms with Crippen LogP contribution in [0.25, 0.3) is 0 Å². The van der Waals surface area contributed by atoms with Crippen LogP contribution in [0.1, 0.15) is 91.9 Å². The fourth-order valence-corrected chi connectivity index (χ4v) is 9.17. The van der Waals surface area contributed by atoms with Gasteiger partial charge in [-0.25, -0.2) is 0 Å². The lowest BCUT2D eigenvalue weighted by atomic mass is 9.43. The highest BCUT2D eigenvalue weighted by Gasteiger charge is 2.64. The van der Waals surface area contributed by atoms with E-state index in [0.717, 1.165) is 38.5 Å². The Labute approximate surface area is 194 Å². The molecule has 0 spiro atoms. The van der Waals surface area contributed by atoms with Crippen LogP contribution < -0.4 is 0 Å². The van der Waals surface area contributed by atoms with E-state index in [1.165, 1.54) is 12.8 Å². The van der Waals surface area contributed by atoms with Gasteiger partial charge in [-0.2, -0.15) is 0 Å². The number of aliphatic hydroxyl groups is 3. The highest BCUT2D eigenvalue weighted by atomic mass is 16.4. The first kappa shape index (κ1) is 24.5. The van der Waals surface area contributed by atoms with Crippen molar-refractivity contribution in [3.8, 4) is 0 Å². The van der Waals surface area contributed by atoms with Gasteiger partial charge in [0.25, 0.3) is 0 Å². The molecule has 32 heavy (non-hydrogen) atoms. The largest absolute Gasteiger partial charge is 0.481 e. The fourth-order valence-electron chi connectivity index (χ4n) is 9.17. The molecule has 0 bridgehead atoms. The number of carboxylic acids is 1. The van der Waals surface area contributed by atoms with Crippen LogP contribution in [0.15, 0.2) is 0 Å². The average molecular weight is 451 g/mol. The molecular formula is C27H46O5. The second-order valence-corrected chi connectivity index (χ2v) is 12.6. The van der Waals surface area contributed by atoms with Crippen molar-refractivity contribution in [2.75, 3.05) is 0 Å². The van der Waals surface area contributed by atoms with E-state index < -0.39 is 18.0 Å². The monoisotopic (exact) mass is 450 g/mol. The van der Waals surface area contributed by atoms with Crippen molar-refractivity contribution in [2.24, 2.45) is 52.3 Å². The minimum atomic E-state index is -0.800. The van der Waals surface area contributed by atoms with Gasteiger partial charge in [-0.15, -0.1) is 0 Å². The fraction of sp³-hybridized carbons (Fsp3) is 0.963. The topological polar surface area (TPSA) is 98.0 Å². The summed E-state index contributed by atoms with van der Waals surface area (Å²) < 4.78 is 0. The number of hydrogen-bond acceptors (Lipinski definition) is 4. The molecule has 0 aromatic carbocycles. The van der Waals surface area contributed by atoms with Crippen molar-refractivity contribution in [2.45, 2.75) is 110 Å². The number of aliphatic hydroxyl groups excluding tert-OH is 3. The minimum absolute atomic E-state index is 0.0638. The molecule has 4 N–H and O–H groups in total. The molecule has 0 saturated heterocycles. The van der Waals surface area contributed by atoms with Crippen molar-refractivity contribution in [1.82, 2.24) is 0 Å². The molecule has 0 aromatic heterocycles. The van der Waals surface area contributed by atoms with Gasteiger partial charge in [0, 0.05) is 0 Å². The van der Waals surface area contributed by atoms with Crippen LogP contribution in [0.3, 0.4) is 0 Å². The van der Waals surface area contributed by atoms with Crippen molar-refractivity contribution in [3.63, 3.8) is 0 Å². The van der Waals surface area contributed by atoms with Gasteiger partial charge in [0.1, 0.15) is 0 Å². The van der Waals surface area contributed by atoms with Gasteiger partial charge in [-0.3, -0.25) is 4.79 Å². The lowest BCUT2D eigenvalue weighted by molar-refractivity contribution is -0.178. The lowest BCUT2D eigenvalue weighted by Crippen LogP contribution is -2.59. The number of aliphatic carboxylic acids is 1. The van der Waals surface area contributed by atoms with Crippen LogP contribution in [-0.4, -0.2) is 44.7 Å². The molecule has 12 atom stereocenters. The molecule has 0 radical (unpaired) electrons. The summed E-state index contributed by atoms with van der Waals surface area (Å²) in [5.74, 6) is 1.36. The third-order valence-electron chi connectivity index (χ3n) is 11.4. The lowest BCUT2D eigenvalue weighted by Gasteiger charge is -2.62. The zero-order valence-electron chi connectivity index (χ0n) is 20.5. The second kappa shape index (κ2) is 8.85. The minimum Gasteiger partial charge on any atom is -0.481 e. The van der Waals surface area contributed by atoms with Gasteiger partial charge < -0.3 is 20.4 Å². The molecule has 0 aliphatic heterocycles. The Balaban J connectivity index is 1.50. The van der Waals surface area contributed by atoms with Crippen LogP contribution in [0.5, 0.6) is 0 Å². The Bertz CT molecular complexity index is 696. The summed E-state index contributed by atoms with van der Waals surface area (Å²) in [6.45, 7) is 8.56. The van der Waals surface area contributed by atoms with Gasteiger partial charge in [0.2, 0.25) is 0 Å². The van der Waals surface area contributed by atoms with Gasteiger partial charge >= 0.3 is 5.97 Å². The molecule has 4 rings (SSSR count). The van der Waals surface area contributed by atoms with Crippen molar-refractivity contribution in [1.29, 1.82) is 0 Å². The van der Waals surface area contributed by atoms with E-state index in [1.54, 1.807) is 6.92 Å². The Morgan fingerprint density at radius 1 is 0.969 bits per heavy atom. The zero-order valence-corrected chi connectivity index (χ0v) is 20.5. The maximum absolute atomic E-state index is 11.6. The molecule has 5 heteroatoms. The van der Waals surface area contributed by atoms with Gasteiger partial charge in [-0.1, -0.05) is 27.7 Å². The van der Waals surface area contributed by atoms with E-state index in [-0.39, 0.29) is 34.9 Å². The van der Waals surface area contributed by atoms with E-state index in [2.05, 4.69) is 20.8 Å². The molecule has 4 aliphatic carbocycles. The average Bonchev–Trinajstić information content (AvgIpc) is 3.11. The predicted molar refractivity (Wildman–Crippen MR) is 124 cm³/mol. The highest BCUT2D eigenvalue weighted by Crippen LogP contribution is 2.68. The summed E-state index contributed by atoms with van der Waals surface area (Å²) in [6.07, 6.45) is 8.34. The molecule has 0 aromatic rings. The van der Waals surface area contributed by atoms with Crippen LogP contribution in [-0.2, 0) is 4.79 Å². The normalized spacial score (nSPS) is 48.8. The third kappa shape index (κ3) is 3.84. The van der Waals surface area contributed by atoms with Crippen molar-refractivity contribution < 1.29 is 25.2 Å². The van der Waals surface area contributed by atoms with Gasteiger partial charge in [0.15, 0.2) is 0 Å². The summed E-state index contributed by atoms with van der Waals surface area (Å²) >= 11 is 0. The number of carboxylic acid groups (broad SMARTS) is 1. The van der Waals surface area contributed by atoms with E-state index in [4.69, 9.17) is 0 Å². The maximum atomic E-state index is 11.6. The summed E-state index contributed by atoms with van der Waals surface area (Å²) in [6, 6.07) is 0. The summed E-state index contributed by atoms with van der Waals surface area (Å²) in [7, 11) is 0. The maximum Gasteiger partial charge on any atom is 0.306 e. The SMILES string of the molecule is CC(CC[C@H](O)[C@@H](C)[C@H]1CC[C@H]2[C@@H]3CC[C@@H]4C[C@H](O)CC[C@]4(C)[C@H]3C[C@H](O)[C@]12C)C(=O)O. The molecule has 0 amide bonds.